The summed E-state index contributed by atoms with van der Waals surface area (Å²) in [7, 11) is -3.30. The quantitative estimate of drug-likeness (QED) is 0.721. The third-order valence-electron chi connectivity index (χ3n) is 2.36. The molecule has 7 nitrogen and oxygen atoms in total. The maximum Gasteiger partial charge on any atom is 0.435 e. The Bertz CT molecular complexity index is 610. The minimum absolute atomic E-state index is 0.0759. The fourth-order valence-electron chi connectivity index (χ4n) is 1.56. The molecule has 21 heavy (non-hydrogen) atoms. The fourth-order valence-corrected chi connectivity index (χ4v) is 2.22. The van der Waals surface area contributed by atoms with Gasteiger partial charge in [-0.15, -0.1) is 5.10 Å². The van der Waals surface area contributed by atoms with Gasteiger partial charge in [0.2, 0.25) is 5.69 Å². The van der Waals surface area contributed by atoms with Gasteiger partial charge in [0.25, 0.3) is 0 Å². The van der Waals surface area contributed by atoms with E-state index in [0.29, 0.717) is 4.68 Å². The van der Waals surface area contributed by atoms with Gasteiger partial charge in [-0.2, -0.15) is 13.2 Å². The molecule has 0 spiro atoms. The third kappa shape index (κ3) is 4.99. The lowest BCUT2D eigenvalue weighted by atomic mass is 10.3. The number of aryl methyl sites for hydroxylation is 1. The van der Waals surface area contributed by atoms with Gasteiger partial charge in [0.05, 0.1) is 12.4 Å². The molecule has 0 aromatic carbocycles. The Morgan fingerprint density at radius 1 is 1.38 bits per heavy atom. The van der Waals surface area contributed by atoms with Gasteiger partial charge in [-0.05, 0) is 13.3 Å². The molecule has 0 aliphatic rings. The summed E-state index contributed by atoms with van der Waals surface area (Å²) in [5.74, 6) is -1.52. The predicted octanol–water partition coefficient (Wildman–Crippen LogP) is 0.908. The van der Waals surface area contributed by atoms with E-state index in [2.05, 4.69) is 15.0 Å². The Hall–Kier alpha value is -1.65. The summed E-state index contributed by atoms with van der Waals surface area (Å²) in [6.45, 7) is 1.02. The topological polar surface area (TPSA) is 91.2 Å². The van der Waals surface area contributed by atoms with E-state index in [1.165, 1.54) is 6.92 Å². The van der Waals surface area contributed by atoms with Crippen molar-refractivity contribution in [3.8, 4) is 0 Å². The minimum Gasteiger partial charge on any atom is -0.461 e. The van der Waals surface area contributed by atoms with Crippen LogP contribution < -0.4 is 0 Å². The molecule has 0 N–H and O–H groups in total. The summed E-state index contributed by atoms with van der Waals surface area (Å²) < 4.78 is 65.8. The number of hydrogen-bond acceptors (Lipinski definition) is 6. The van der Waals surface area contributed by atoms with Crippen LogP contribution in [0, 0.1) is 0 Å². The normalized spacial score (nSPS) is 12.4. The Balaban J connectivity index is 3.02. The van der Waals surface area contributed by atoms with E-state index >= 15 is 0 Å². The second kappa shape index (κ2) is 6.41. The van der Waals surface area contributed by atoms with Gasteiger partial charge in [-0.1, -0.05) is 5.21 Å². The van der Waals surface area contributed by atoms with Crippen LogP contribution in [0.2, 0.25) is 0 Å². The number of carbonyl (C=O) groups is 1. The van der Waals surface area contributed by atoms with Gasteiger partial charge in [0.15, 0.2) is 5.69 Å². The molecule has 1 heterocycles. The second-order valence-electron chi connectivity index (χ2n) is 4.21. The van der Waals surface area contributed by atoms with Crippen molar-refractivity contribution in [1.29, 1.82) is 0 Å². The van der Waals surface area contributed by atoms with Crippen molar-refractivity contribution in [1.82, 2.24) is 15.0 Å². The minimum atomic E-state index is -4.85. The molecule has 1 aromatic heterocycles. The molecule has 0 amide bonds. The number of rotatable bonds is 6. The maximum absolute atomic E-state index is 13.0. The van der Waals surface area contributed by atoms with Gasteiger partial charge in [0, 0.05) is 12.8 Å². The van der Waals surface area contributed by atoms with Crippen LogP contribution in [0.4, 0.5) is 13.2 Å². The zero-order valence-corrected chi connectivity index (χ0v) is 12.2. The van der Waals surface area contributed by atoms with Crippen molar-refractivity contribution in [2.75, 3.05) is 18.6 Å². The molecule has 11 heteroatoms. The third-order valence-corrected chi connectivity index (χ3v) is 3.39. The van der Waals surface area contributed by atoms with Crippen molar-refractivity contribution in [2.45, 2.75) is 26.1 Å². The smallest absolute Gasteiger partial charge is 0.435 e. The van der Waals surface area contributed by atoms with Crippen LogP contribution in [0.3, 0.4) is 0 Å². The van der Waals surface area contributed by atoms with Crippen molar-refractivity contribution in [3.63, 3.8) is 0 Å². The second-order valence-corrected chi connectivity index (χ2v) is 6.47. The van der Waals surface area contributed by atoms with Gasteiger partial charge >= 0.3 is 12.1 Å². The first-order valence-electron chi connectivity index (χ1n) is 5.91. The number of ether oxygens (including phenoxy) is 1. The maximum atomic E-state index is 13.0. The molecule has 0 radical (unpaired) electrons. The first kappa shape index (κ1) is 17.4. The van der Waals surface area contributed by atoms with E-state index in [9.17, 15) is 26.4 Å². The lowest BCUT2D eigenvalue weighted by Gasteiger charge is -2.10. The van der Waals surface area contributed by atoms with Crippen LogP contribution in [0.15, 0.2) is 0 Å². The summed E-state index contributed by atoms with van der Waals surface area (Å²) in [6, 6.07) is 0. The van der Waals surface area contributed by atoms with Crippen LogP contribution in [-0.4, -0.2) is 48.0 Å². The Morgan fingerprint density at radius 3 is 2.48 bits per heavy atom. The summed E-state index contributed by atoms with van der Waals surface area (Å²) in [4.78, 5) is 11.4. The molecule has 0 aliphatic heterocycles. The highest BCUT2D eigenvalue weighted by atomic mass is 32.2. The number of nitrogens with zero attached hydrogens (tertiary/aromatic N) is 3. The highest BCUT2D eigenvalue weighted by Crippen LogP contribution is 2.31. The summed E-state index contributed by atoms with van der Waals surface area (Å²) in [6.07, 6.45) is -3.95. The molecule has 0 fully saturated rings. The van der Waals surface area contributed by atoms with Crippen molar-refractivity contribution in [2.24, 2.45) is 0 Å². The number of aromatic nitrogens is 3. The lowest BCUT2D eigenvalue weighted by Crippen LogP contribution is -2.20. The highest BCUT2D eigenvalue weighted by molar-refractivity contribution is 7.90. The van der Waals surface area contributed by atoms with Gasteiger partial charge in [0.1, 0.15) is 9.84 Å². The zero-order valence-electron chi connectivity index (χ0n) is 11.3. The van der Waals surface area contributed by atoms with Crippen LogP contribution >= 0.6 is 0 Å². The van der Waals surface area contributed by atoms with Crippen LogP contribution in [0.5, 0.6) is 0 Å². The highest BCUT2D eigenvalue weighted by Gasteiger charge is 2.41. The summed E-state index contributed by atoms with van der Waals surface area (Å²) >= 11 is 0. The molecule has 0 saturated carbocycles. The van der Waals surface area contributed by atoms with Crippen molar-refractivity contribution < 1.29 is 31.1 Å². The molecule has 0 unspecified atom stereocenters. The van der Waals surface area contributed by atoms with E-state index in [1.807, 2.05) is 0 Å². The Morgan fingerprint density at radius 2 is 2.00 bits per heavy atom. The average molecular weight is 329 g/mol. The van der Waals surface area contributed by atoms with Gasteiger partial charge in [-0.3, -0.25) is 0 Å². The van der Waals surface area contributed by atoms with Gasteiger partial charge < -0.3 is 4.74 Å². The van der Waals surface area contributed by atoms with Crippen molar-refractivity contribution >= 4 is 15.8 Å². The molecule has 0 atom stereocenters. The Labute approximate surface area is 119 Å². The summed E-state index contributed by atoms with van der Waals surface area (Å²) in [5.41, 5.74) is -2.27. The van der Waals surface area contributed by atoms with Gasteiger partial charge in [-0.25, -0.2) is 17.9 Å². The zero-order chi connectivity index (χ0) is 16.3. The number of carbonyl (C=O) groups excluding carboxylic acids is 1. The lowest BCUT2D eigenvalue weighted by molar-refractivity contribution is -0.144. The fraction of sp³-hybridized carbons (Fsp3) is 0.700. The van der Waals surface area contributed by atoms with Crippen LogP contribution in [0.25, 0.3) is 0 Å². The molecule has 120 valence electrons. The molecule has 0 saturated heterocycles. The number of halogens is 3. The van der Waals surface area contributed by atoms with E-state index < -0.39 is 33.4 Å². The average Bonchev–Trinajstić information content (AvgIpc) is 2.71. The molecule has 1 aromatic rings. The predicted molar refractivity (Wildman–Crippen MR) is 65.3 cm³/mol. The standard InChI is InChI=1S/C10H14F3N3O4S/c1-3-20-9(17)7-8(10(11,12)13)16(15-14-7)5-4-6-21(2,18)19/h3-6H2,1-2H3. The molecular weight excluding hydrogens is 315 g/mol. The first-order chi connectivity index (χ1) is 9.56. The van der Waals surface area contributed by atoms with E-state index in [-0.39, 0.29) is 25.3 Å². The largest absolute Gasteiger partial charge is 0.461 e. The summed E-state index contributed by atoms with van der Waals surface area (Å²) in [5, 5.41) is 6.44. The molecule has 0 bridgehead atoms. The van der Waals surface area contributed by atoms with E-state index in [0.717, 1.165) is 6.26 Å². The Kier molecular flexibility index (Phi) is 5.31. The number of sulfone groups is 1. The molecule has 0 aliphatic carbocycles. The first-order valence-corrected chi connectivity index (χ1v) is 7.98. The number of hydrogen-bond donors (Lipinski definition) is 0. The van der Waals surface area contributed by atoms with Crippen LogP contribution in [-0.2, 0) is 27.3 Å². The molecular formula is C10H14F3N3O4S. The van der Waals surface area contributed by atoms with E-state index in [4.69, 9.17) is 0 Å². The van der Waals surface area contributed by atoms with Crippen LogP contribution in [0.1, 0.15) is 29.5 Å². The number of alkyl halides is 3. The molecule has 1 rings (SSSR count). The SMILES string of the molecule is CCOC(=O)c1nnn(CCCS(C)(=O)=O)c1C(F)(F)F. The van der Waals surface area contributed by atoms with Crippen molar-refractivity contribution in [3.05, 3.63) is 11.4 Å². The van der Waals surface area contributed by atoms with E-state index in [1.54, 1.807) is 0 Å². The number of esters is 1. The monoisotopic (exact) mass is 329 g/mol.